The average molecular weight is 398 g/mol. The third-order valence-corrected chi connectivity index (χ3v) is 4.25. The van der Waals surface area contributed by atoms with Crippen molar-refractivity contribution in [3.63, 3.8) is 0 Å². The molecule has 1 aromatic rings. The number of oxime groups is 1. The third-order valence-electron chi connectivity index (χ3n) is 3.34. The molecule has 0 fully saturated rings. The number of rotatable bonds is 6. The first-order chi connectivity index (χ1) is 12.7. The minimum absolute atomic E-state index is 0.0965. The number of para-hydroxylation sites is 1. The highest BCUT2D eigenvalue weighted by molar-refractivity contribution is 7.87. The molecule has 1 aliphatic heterocycles. The number of fused-ring (bicyclic) bond motifs is 1. The van der Waals surface area contributed by atoms with Crippen molar-refractivity contribution in [3.05, 3.63) is 29.3 Å². The molecule has 0 aliphatic carbocycles. The minimum atomic E-state index is -4.29. The second-order valence-corrected chi connectivity index (χ2v) is 6.88. The zero-order chi connectivity index (χ0) is 20.0. The first kappa shape index (κ1) is 20.0. The number of ketones is 1. The Kier molecular flexibility index (Phi) is 6.23. The lowest BCUT2D eigenvalue weighted by atomic mass is 10.1. The van der Waals surface area contributed by atoms with Gasteiger partial charge in [-0.3, -0.25) is 14.4 Å². The van der Waals surface area contributed by atoms with Gasteiger partial charge in [0.1, 0.15) is 5.75 Å². The van der Waals surface area contributed by atoms with Crippen LogP contribution in [0.15, 0.2) is 28.9 Å². The van der Waals surface area contributed by atoms with E-state index in [0.717, 1.165) is 0 Å². The van der Waals surface area contributed by atoms with E-state index in [-0.39, 0.29) is 18.6 Å². The summed E-state index contributed by atoms with van der Waals surface area (Å²) in [4.78, 5) is 23.8. The second kappa shape index (κ2) is 8.40. The van der Waals surface area contributed by atoms with Gasteiger partial charge in [-0.1, -0.05) is 12.1 Å². The molecule has 1 amide bonds. The van der Waals surface area contributed by atoms with Gasteiger partial charge in [0.05, 0.1) is 19.4 Å². The fourth-order valence-corrected chi connectivity index (χ4v) is 2.97. The van der Waals surface area contributed by atoms with Gasteiger partial charge in [-0.25, -0.2) is 4.79 Å². The van der Waals surface area contributed by atoms with Gasteiger partial charge in [0.15, 0.2) is 11.5 Å². The van der Waals surface area contributed by atoms with E-state index < -0.39 is 33.7 Å². The molecule has 0 saturated carbocycles. The van der Waals surface area contributed by atoms with Gasteiger partial charge >= 0.3 is 16.2 Å². The molecule has 1 aromatic carbocycles. The molecule has 146 valence electrons. The van der Waals surface area contributed by atoms with E-state index in [1.807, 2.05) is 0 Å². The standard InChI is InChI=1S/C15H18N4O7S/c1-24-15(21)18-11-4-2-3-10-7-9(5-6-25-13(10)11)12(20)8-27(22,23)26-19-14(16)17/h2-4,7H,5-6,8H2,1H3,(H,18,21)(H4,16,17,19). The molecule has 0 bridgehead atoms. The summed E-state index contributed by atoms with van der Waals surface area (Å²) >= 11 is 0. The number of anilines is 1. The zero-order valence-corrected chi connectivity index (χ0v) is 15.1. The van der Waals surface area contributed by atoms with Crippen LogP contribution in [0.5, 0.6) is 5.75 Å². The highest BCUT2D eigenvalue weighted by Gasteiger charge is 2.24. The highest BCUT2D eigenvalue weighted by atomic mass is 32.2. The summed E-state index contributed by atoms with van der Waals surface area (Å²) in [5.74, 6) is -1.88. The quantitative estimate of drug-likeness (QED) is 0.342. The number of hydrogen-bond donors (Lipinski definition) is 3. The van der Waals surface area contributed by atoms with E-state index in [1.165, 1.54) is 13.2 Å². The molecule has 0 aromatic heterocycles. The number of nitrogens with zero attached hydrogens (tertiary/aromatic N) is 1. The first-order valence-electron chi connectivity index (χ1n) is 7.56. The van der Waals surface area contributed by atoms with Gasteiger partial charge in [-0.2, -0.15) is 8.42 Å². The van der Waals surface area contributed by atoms with Crippen molar-refractivity contribution < 1.29 is 31.8 Å². The summed E-state index contributed by atoms with van der Waals surface area (Å²) in [5.41, 5.74) is 11.0. The topological polar surface area (TPSA) is 172 Å². The molecule has 1 aliphatic rings. The predicted molar refractivity (Wildman–Crippen MR) is 96.2 cm³/mol. The van der Waals surface area contributed by atoms with Crippen molar-refractivity contribution >= 4 is 39.7 Å². The van der Waals surface area contributed by atoms with Crippen LogP contribution in [0, 0.1) is 0 Å². The van der Waals surface area contributed by atoms with Crippen LogP contribution in [-0.2, 0) is 23.9 Å². The zero-order valence-electron chi connectivity index (χ0n) is 14.3. The number of methoxy groups -OCH3 is 1. The van der Waals surface area contributed by atoms with Crippen LogP contribution in [0.25, 0.3) is 6.08 Å². The van der Waals surface area contributed by atoms with E-state index in [1.54, 1.807) is 18.2 Å². The molecule has 27 heavy (non-hydrogen) atoms. The van der Waals surface area contributed by atoms with Crippen molar-refractivity contribution in [1.82, 2.24) is 0 Å². The molecule has 11 nitrogen and oxygen atoms in total. The van der Waals surface area contributed by atoms with E-state index >= 15 is 0 Å². The summed E-state index contributed by atoms with van der Waals surface area (Å²) in [6.07, 6.45) is 0.964. The molecule has 0 unspecified atom stereocenters. The number of nitrogens with one attached hydrogen (secondary N) is 1. The molecular formula is C15H18N4O7S. The molecule has 0 atom stereocenters. The Morgan fingerprint density at radius 2 is 2.07 bits per heavy atom. The molecular weight excluding hydrogens is 380 g/mol. The number of carbonyl (C=O) groups is 2. The molecule has 0 saturated heterocycles. The van der Waals surface area contributed by atoms with Crippen LogP contribution in [0.3, 0.4) is 0 Å². The number of benzene rings is 1. The normalized spacial score (nSPS) is 13.1. The first-order valence-corrected chi connectivity index (χ1v) is 9.14. The maximum absolute atomic E-state index is 12.3. The van der Waals surface area contributed by atoms with Crippen LogP contribution in [-0.4, -0.2) is 45.7 Å². The van der Waals surface area contributed by atoms with E-state index in [4.69, 9.17) is 16.2 Å². The number of carbonyl (C=O) groups excluding carboxylic acids is 2. The Bertz CT molecular complexity index is 905. The number of hydrogen-bond acceptors (Lipinski definition) is 8. The van der Waals surface area contributed by atoms with E-state index in [0.29, 0.717) is 17.0 Å². The summed E-state index contributed by atoms with van der Waals surface area (Å²) in [7, 11) is -3.07. The van der Waals surface area contributed by atoms with Gasteiger partial charge in [-0.15, -0.1) is 0 Å². The van der Waals surface area contributed by atoms with Crippen LogP contribution >= 0.6 is 0 Å². The predicted octanol–water partition coefficient (Wildman–Crippen LogP) is 0.135. The Balaban J connectivity index is 2.25. The van der Waals surface area contributed by atoms with Crippen LogP contribution < -0.4 is 21.5 Å². The maximum Gasteiger partial charge on any atom is 0.411 e. The van der Waals surface area contributed by atoms with Crippen molar-refractivity contribution in [3.8, 4) is 5.75 Å². The monoisotopic (exact) mass is 398 g/mol. The number of guanidine groups is 1. The second-order valence-electron chi connectivity index (χ2n) is 5.32. The molecule has 0 spiro atoms. The Labute approximate surface area is 155 Å². The van der Waals surface area contributed by atoms with E-state index in [9.17, 15) is 18.0 Å². The smallest absolute Gasteiger partial charge is 0.411 e. The Morgan fingerprint density at radius 1 is 1.33 bits per heavy atom. The summed E-state index contributed by atoms with van der Waals surface area (Å²) in [5, 5.41) is 5.43. The lowest BCUT2D eigenvalue weighted by Gasteiger charge is -2.12. The average Bonchev–Trinajstić information content (AvgIpc) is 2.83. The Hall–Kier alpha value is -3.28. The van der Waals surface area contributed by atoms with Crippen molar-refractivity contribution in [2.75, 3.05) is 24.8 Å². The fourth-order valence-electron chi connectivity index (χ4n) is 2.21. The third kappa shape index (κ3) is 5.60. The van der Waals surface area contributed by atoms with Crippen LogP contribution in [0.1, 0.15) is 12.0 Å². The SMILES string of the molecule is COC(=O)Nc1cccc2c1OCCC(C(=O)CS(=O)(=O)ON=C(N)N)=C2. The molecule has 2 rings (SSSR count). The van der Waals surface area contributed by atoms with Gasteiger partial charge in [-0.05, 0) is 17.3 Å². The van der Waals surface area contributed by atoms with Crippen molar-refractivity contribution in [2.24, 2.45) is 16.6 Å². The van der Waals surface area contributed by atoms with Gasteiger partial charge in [0.25, 0.3) is 0 Å². The highest BCUT2D eigenvalue weighted by Crippen LogP contribution is 2.33. The van der Waals surface area contributed by atoms with Crippen LogP contribution in [0.2, 0.25) is 0 Å². The lowest BCUT2D eigenvalue weighted by molar-refractivity contribution is -0.113. The fraction of sp³-hybridized carbons (Fsp3) is 0.267. The Morgan fingerprint density at radius 3 is 2.74 bits per heavy atom. The summed E-state index contributed by atoms with van der Waals surface area (Å²) < 4.78 is 37.8. The molecule has 5 N–H and O–H groups in total. The van der Waals surface area contributed by atoms with Crippen molar-refractivity contribution in [2.45, 2.75) is 6.42 Å². The molecule has 0 radical (unpaired) electrons. The van der Waals surface area contributed by atoms with Crippen LogP contribution in [0.4, 0.5) is 10.5 Å². The number of nitrogens with two attached hydrogens (primary N) is 2. The summed E-state index contributed by atoms with van der Waals surface area (Å²) in [6, 6.07) is 4.89. The largest absolute Gasteiger partial charge is 0.490 e. The van der Waals surface area contributed by atoms with E-state index in [2.05, 4.69) is 19.5 Å². The van der Waals surface area contributed by atoms with Gasteiger partial charge in [0, 0.05) is 17.6 Å². The molecule has 1 heterocycles. The lowest BCUT2D eigenvalue weighted by Crippen LogP contribution is -2.25. The molecule has 12 heteroatoms. The van der Waals surface area contributed by atoms with Crippen molar-refractivity contribution in [1.29, 1.82) is 0 Å². The summed E-state index contributed by atoms with van der Waals surface area (Å²) in [6.45, 7) is 0.0965. The van der Waals surface area contributed by atoms with Gasteiger partial charge < -0.3 is 20.9 Å². The maximum atomic E-state index is 12.3. The number of amides is 1. The minimum Gasteiger partial charge on any atom is -0.490 e. The number of ether oxygens (including phenoxy) is 2. The van der Waals surface area contributed by atoms with Gasteiger partial charge in [0.2, 0.25) is 5.96 Å². The number of Topliss-reactive ketones (excluding diaryl/α,β-unsaturated/α-hetero) is 1.